The van der Waals surface area contributed by atoms with Gasteiger partial charge in [0.15, 0.2) is 5.82 Å². The van der Waals surface area contributed by atoms with E-state index >= 15 is 0 Å². The van der Waals surface area contributed by atoms with Crippen LogP contribution in [0.2, 0.25) is 0 Å². The molecule has 7 heteroatoms. The number of aryl methyl sites for hydroxylation is 1. The number of aromatic amines is 1. The quantitative estimate of drug-likeness (QED) is 0.773. The Kier molecular flexibility index (Phi) is 3.63. The van der Waals surface area contributed by atoms with Crippen LogP contribution >= 0.6 is 11.8 Å². The van der Waals surface area contributed by atoms with Crippen LogP contribution in [0.5, 0.6) is 0 Å². The molecule has 0 fully saturated rings. The van der Waals surface area contributed by atoms with Crippen molar-refractivity contribution < 1.29 is 9.21 Å². The van der Waals surface area contributed by atoms with E-state index in [9.17, 15) is 4.79 Å². The molecule has 0 radical (unpaired) electrons. The second-order valence-electron chi connectivity index (χ2n) is 5.21. The van der Waals surface area contributed by atoms with Crippen LogP contribution in [0.3, 0.4) is 0 Å². The molecule has 2 N–H and O–H groups in total. The fraction of sp³-hybridized carbons (Fsp3) is 0.188. The molecule has 3 heterocycles. The Labute approximate surface area is 136 Å². The molecular weight excluding hydrogens is 312 g/mol. The van der Waals surface area contributed by atoms with E-state index in [-0.39, 0.29) is 17.1 Å². The summed E-state index contributed by atoms with van der Waals surface area (Å²) in [5.74, 6) is 1.67. The Hall–Kier alpha value is -2.54. The summed E-state index contributed by atoms with van der Waals surface area (Å²) in [6.45, 7) is 0. The number of furan rings is 1. The van der Waals surface area contributed by atoms with Crippen LogP contribution in [0.4, 0.5) is 5.95 Å². The van der Waals surface area contributed by atoms with Crippen LogP contribution in [0.15, 0.2) is 47.3 Å². The van der Waals surface area contributed by atoms with Crippen molar-refractivity contribution in [1.29, 1.82) is 0 Å². The molecule has 1 aliphatic rings. The zero-order chi connectivity index (χ0) is 15.6. The largest absolute Gasteiger partial charge is 0.472 e. The maximum Gasteiger partial charge on any atom is 0.249 e. The van der Waals surface area contributed by atoms with Gasteiger partial charge in [-0.05, 0) is 29.4 Å². The molecule has 6 nitrogen and oxygen atoms in total. The zero-order valence-electron chi connectivity index (χ0n) is 12.2. The fourth-order valence-electron chi connectivity index (χ4n) is 2.63. The molecule has 4 rings (SSSR count). The highest BCUT2D eigenvalue weighted by atomic mass is 32.2. The van der Waals surface area contributed by atoms with Gasteiger partial charge in [-0.25, -0.2) is 0 Å². The molecule has 0 bridgehead atoms. The first kappa shape index (κ1) is 14.1. The van der Waals surface area contributed by atoms with E-state index in [1.54, 1.807) is 30.4 Å². The minimum Gasteiger partial charge on any atom is -0.472 e. The first-order valence-corrected chi connectivity index (χ1v) is 8.31. The van der Waals surface area contributed by atoms with Gasteiger partial charge in [0.25, 0.3) is 0 Å². The molecule has 1 unspecified atom stereocenters. The number of fused-ring (bicyclic) bond motifs is 1. The number of hydrogen-bond donors (Lipinski definition) is 2. The number of hydrogen-bond acceptors (Lipinski definition) is 5. The van der Waals surface area contributed by atoms with Crippen molar-refractivity contribution in [2.75, 3.05) is 11.1 Å². The summed E-state index contributed by atoms with van der Waals surface area (Å²) in [5, 5.41) is 9.40. The average molecular weight is 326 g/mol. The molecule has 23 heavy (non-hydrogen) atoms. The lowest BCUT2D eigenvalue weighted by molar-refractivity contribution is -0.115. The molecule has 0 saturated heterocycles. The molecule has 1 aliphatic heterocycles. The third-order valence-electron chi connectivity index (χ3n) is 3.75. The normalized spacial score (nSPS) is 16.8. The maximum atomic E-state index is 12.6. The van der Waals surface area contributed by atoms with E-state index in [0.717, 1.165) is 23.3 Å². The van der Waals surface area contributed by atoms with Gasteiger partial charge in [0.1, 0.15) is 11.5 Å². The number of H-pyrrole nitrogens is 1. The van der Waals surface area contributed by atoms with Crippen molar-refractivity contribution >= 4 is 23.6 Å². The standard InChI is InChI=1S/C16H14N4O2S/c21-15(13-12-4-2-1-3-10(12)6-8-23-13)18-16-17-14(19-20-16)11-5-7-22-9-11/h1-5,7,9,13H,6,8H2,(H2,17,18,19,20,21). The molecule has 1 amide bonds. The van der Waals surface area contributed by atoms with Gasteiger partial charge < -0.3 is 4.42 Å². The summed E-state index contributed by atoms with van der Waals surface area (Å²) < 4.78 is 5.02. The fourth-order valence-corrected chi connectivity index (χ4v) is 3.83. The van der Waals surface area contributed by atoms with Gasteiger partial charge in [-0.3, -0.25) is 15.2 Å². The predicted octanol–water partition coefficient (Wildman–Crippen LogP) is 3.03. The summed E-state index contributed by atoms with van der Waals surface area (Å²) >= 11 is 1.64. The zero-order valence-corrected chi connectivity index (χ0v) is 13.0. The Morgan fingerprint density at radius 3 is 3.13 bits per heavy atom. The van der Waals surface area contributed by atoms with Crippen molar-refractivity contribution in [1.82, 2.24) is 15.2 Å². The van der Waals surface area contributed by atoms with Crippen LogP contribution in [0, 0.1) is 0 Å². The lowest BCUT2D eigenvalue weighted by atomic mass is 10.0. The Morgan fingerprint density at radius 2 is 2.26 bits per heavy atom. The predicted molar refractivity (Wildman–Crippen MR) is 88.1 cm³/mol. The molecule has 0 saturated carbocycles. The first-order valence-electron chi connectivity index (χ1n) is 7.26. The van der Waals surface area contributed by atoms with Gasteiger partial charge in [0, 0.05) is 0 Å². The van der Waals surface area contributed by atoms with Crippen LogP contribution in [0.1, 0.15) is 16.4 Å². The molecular formula is C16H14N4O2S. The van der Waals surface area contributed by atoms with Crippen LogP contribution in [-0.4, -0.2) is 26.8 Å². The number of carbonyl (C=O) groups excluding carboxylic acids is 1. The van der Waals surface area contributed by atoms with Gasteiger partial charge in [-0.2, -0.15) is 4.98 Å². The number of nitrogens with zero attached hydrogens (tertiary/aromatic N) is 2. The molecule has 0 spiro atoms. The van der Waals surface area contributed by atoms with Crippen molar-refractivity contribution in [2.45, 2.75) is 11.7 Å². The number of carbonyl (C=O) groups is 1. The van der Waals surface area contributed by atoms with Gasteiger partial charge in [-0.1, -0.05) is 24.3 Å². The van der Waals surface area contributed by atoms with Crippen LogP contribution in [0.25, 0.3) is 11.4 Å². The third-order valence-corrected chi connectivity index (χ3v) is 4.99. The SMILES string of the molecule is O=C(Nc1n[nH]c(-c2ccoc2)n1)C1SCCc2ccccc21. The number of nitrogens with one attached hydrogen (secondary N) is 2. The lowest BCUT2D eigenvalue weighted by Gasteiger charge is -2.23. The summed E-state index contributed by atoms with van der Waals surface area (Å²) in [5.41, 5.74) is 3.10. The molecule has 1 atom stereocenters. The minimum atomic E-state index is -0.226. The van der Waals surface area contributed by atoms with Crippen molar-refractivity contribution in [3.8, 4) is 11.4 Å². The van der Waals surface area contributed by atoms with Gasteiger partial charge in [0.2, 0.25) is 11.9 Å². The Morgan fingerprint density at radius 1 is 1.35 bits per heavy atom. The second-order valence-corrected chi connectivity index (χ2v) is 6.42. The molecule has 116 valence electrons. The minimum absolute atomic E-state index is 0.0973. The van der Waals surface area contributed by atoms with Gasteiger partial charge in [-0.15, -0.1) is 16.9 Å². The van der Waals surface area contributed by atoms with Crippen LogP contribution in [-0.2, 0) is 11.2 Å². The smallest absolute Gasteiger partial charge is 0.249 e. The molecule has 3 aromatic rings. The molecule has 0 aliphatic carbocycles. The van der Waals surface area contributed by atoms with E-state index in [1.807, 2.05) is 18.2 Å². The highest BCUT2D eigenvalue weighted by Crippen LogP contribution is 2.37. The van der Waals surface area contributed by atoms with Crippen molar-refractivity contribution in [2.24, 2.45) is 0 Å². The summed E-state index contributed by atoms with van der Waals surface area (Å²) in [4.78, 5) is 16.9. The van der Waals surface area contributed by atoms with Gasteiger partial charge in [0.05, 0.1) is 11.8 Å². The third kappa shape index (κ3) is 2.75. The van der Waals surface area contributed by atoms with Crippen molar-refractivity contribution in [3.05, 3.63) is 54.0 Å². The van der Waals surface area contributed by atoms with E-state index in [0.29, 0.717) is 5.82 Å². The molecule has 1 aromatic carbocycles. The van der Waals surface area contributed by atoms with E-state index in [4.69, 9.17) is 4.42 Å². The van der Waals surface area contributed by atoms with E-state index in [2.05, 4.69) is 26.6 Å². The number of aromatic nitrogens is 3. The topological polar surface area (TPSA) is 83.8 Å². The average Bonchev–Trinajstić information content (AvgIpc) is 3.25. The van der Waals surface area contributed by atoms with Crippen molar-refractivity contribution in [3.63, 3.8) is 0 Å². The summed E-state index contributed by atoms with van der Waals surface area (Å²) in [6, 6.07) is 9.85. The summed E-state index contributed by atoms with van der Waals surface area (Å²) in [6.07, 6.45) is 4.13. The Bertz CT molecular complexity index is 828. The van der Waals surface area contributed by atoms with E-state index < -0.39 is 0 Å². The number of amides is 1. The highest BCUT2D eigenvalue weighted by molar-refractivity contribution is 8.00. The van der Waals surface area contributed by atoms with Crippen LogP contribution < -0.4 is 5.32 Å². The lowest BCUT2D eigenvalue weighted by Crippen LogP contribution is -2.23. The molecule has 2 aromatic heterocycles. The number of benzene rings is 1. The Balaban J connectivity index is 1.53. The first-order chi connectivity index (χ1) is 11.3. The maximum absolute atomic E-state index is 12.6. The van der Waals surface area contributed by atoms with E-state index in [1.165, 1.54) is 5.56 Å². The number of thioether (sulfide) groups is 1. The van der Waals surface area contributed by atoms with Gasteiger partial charge >= 0.3 is 0 Å². The second kappa shape index (κ2) is 5.92. The monoisotopic (exact) mass is 326 g/mol. The summed E-state index contributed by atoms with van der Waals surface area (Å²) in [7, 11) is 0. The number of anilines is 1. The number of rotatable bonds is 3. The highest BCUT2D eigenvalue weighted by Gasteiger charge is 2.27.